The van der Waals surface area contributed by atoms with Crippen LogP contribution in [-0.2, 0) is 0 Å². The molecule has 0 radical (unpaired) electrons. The Bertz CT molecular complexity index is 653. The summed E-state index contributed by atoms with van der Waals surface area (Å²) in [6, 6.07) is 14.3. The molecule has 2 N–H and O–H groups in total. The Balaban J connectivity index is 1.70. The van der Waals surface area contributed by atoms with E-state index in [0.29, 0.717) is 23.0 Å². The summed E-state index contributed by atoms with van der Waals surface area (Å²) in [7, 11) is 0. The predicted molar refractivity (Wildman–Crippen MR) is 86.1 cm³/mol. The molecule has 2 aromatic carbocycles. The third-order valence-electron chi connectivity index (χ3n) is 4.69. The van der Waals surface area contributed by atoms with Crippen LogP contribution in [0.4, 0.5) is 0 Å². The zero-order chi connectivity index (χ0) is 16.4. The Kier molecular flexibility index (Phi) is 4.15. The molecule has 23 heavy (non-hydrogen) atoms. The van der Waals surface area contributed by atoms with E-state index >= 15 is 0 Å². The van der Waals surface area contributed by atoms with Crippen LogP contribution < -0.4 is 0 Å². The van der Waals surface area contributed by atoms with Gasteiger partial charge in [-0.15, -0.1) is 0 Å². The van der Waals surface area contributed by atoms with E-state index in [1.807, 2.05) is 24.3 Å². The summed E-state index contributed by atoms with van der Waals surface area (Å²) in [6.07, 6.45) is 3.15. The van der Waals surface area contributed by atoms with Crippen molar-refractivity contribution in [3.63, 3.8) is 0 Å². The van der Waals surface area contributed by atoms with Crippen LogP contribution in [0.5, 0.6) is 0 Å². The van der Waals surface area contributed by atoms with Crippen LogP contribution in [0.25, 0.3) is 0 Å². The normalized spacial score (nSPS) is 20.3. The molecule has 0 heterocycles. The molecule has 1 fully saturated rings. The quantitative estimate of drug-likeness (QED) is 0.890. The van der Waals surface area contributed by atoms with Gasteiger partial charge in [0.2, 0.25) is 0 Å². The minimum Gasteiger partial charge on any atom is -0.478 e. The summed E-state index contributed by atoms with van der Waals surface area (Å²) < 4.78 is 0. The van der Waals surface area contributed by atoms with Gasteiger partial charge in [-0.25, -0.2) is 9.59 Å². The molecule has 118 valence electrons. The molecule has 4 heteroatoms. The van der Waals surface area contributed by atoms with Crippen LogP contribution in [0, 0.1) is 0 Å². The number of hydrogen-bond acceptors (Lipinski definition) is 2. The van der Waals surface area contributed by atoms with Crippen molar-refractivity contribution in [1.29, 1.82) is 0 Å². The molecular weight excluding hydrogens is 292 g/mol. The molecule has 0 amide bonds. The third kappa shape index (κ3) is 3.26. The molecule has 2 unspecified atom stereocenters. The lowest BCUT2D eigenvalue weighted by Crippen LogP contribution is -2.00. The highest BCUT2D eigenvalue weighted by Gasteiger charge is 2.27. The van der Waals surface area contributed by atoms with Crippen molar-refractivity contribution in [2.45, 2.75) is 31.1 Å². The fourth-order valence-electron chi connectivity index (χ4n) is 3.38. The second-order valence-corrected chi connectivity index (χ2v) is 6.06. The first-order chi connectivity index (χ1) is 11.0. The van der Waals surface area contributed by atoms with Crippen LogP contribution in [0.2, 0.25) is 0 Å². The monoisotopic (exact) mass is 310 g/mol. The van der Waals surface area contributed by atoms with Crippen molar-refractivity contribution in [2.75, 3.05) is 0 Å². The zero-order valence-corrected chi connectivity index (χ0v) is 12.6. The first-order valence-corrected chi connectivity index (χ1v) is 7.71. The van der Waals surface area contributed by atoms with E-state index < -0.39 is 11.9 Å². The lowest BCUT2D eigenvalue weighted by atomic mass is 9.92. The van der Waals surface area contributed by atoms with Gasteiger partial charge < -0.3 is 10.2 Å². The summed E-state index contributed by atoms with van der Waals surface area (Å²) in [5.74, 6) is -0.942. The van der Waals surface area contributed by atoms with E-state index in [0.717, 1.165) is 19.3 Å². The Morgan fingerprint density at radius 3 is 1.35 bits per heavy atom. The number of rotatable bonds is 4. The molecule has 0 aliphatic heterocycles. The van der Waals surface area contributed by atoms with E-state index in [1.54, 1.807) is 24.3 Å². The number of benzene rings is 2. The van der Waals surface area contributed by atoms with Crippen LogP contribution in [0.3, 0.4) is 0 Å². The Morgan fingerprint density at radius 1 is 0.696 bits per heavy atom. The molecule has 0 aromatic heterocycles. The Hall–Kier alpha value is -2.62. The molecular formula is C19H18O4. The minimum absolute atomic E-state index is 0.313. The van der Waals surface area contributed by atoms with Gasteiger partial charge in [0.1, 0.15) is 0 Å². The van der Waals surface area contributed by atoms with Crippen molar-refractivity contribution in [3.8, 4) is 0 Å². The molecule has 1 saturated carbocycles. The fourth-order valence-corrected chi connectivity index (χ4v) is 3.38. The van der Waals surface area contributed by atoms with Crippen molar-refractivity contribution >= 4 is 11.9 Å². The van der Waals surface area contributed by atoms with E-state index in [1.165, 1.54) is 11.1 Å². The molecule has 1 aliphatic carbocycles. The molecule has 0 saturated heterocycles. The van der Waals surface area contributed by atoms with Gasteiger partial charge in [0.05, 0.1) is 11.1 Å². The molecule has 2 atom stereocenters. The SMILES string of the molecule is O=C(O)c1ccc(C2CCC(c3ccc(C(=O)O)cc3)C2)cc1. The summed E-state index contributed by atoms with van der Waals surface area (Å²) in [6.45, 7) is 0. The lowest BCUT2D eigenvalue weighted by Gasteiger charge is -2.13. The van der Waals surface area contributed by atoms with E-state index in [2.05, 4.69) is 0 Å². The van der Waals surface area contributed by atoms with Gasteiger partial charge in [-0.05, 0) is 66.5 Å². The summed E-state index contributed by atoms with van der Waals surface area (Å²) in [5, 5.41) is 17.9. The van der Waals surface area contributed by atoms with Gasteiger partial charge in [-0.1, -0.05) is 24.3 Å². The van der Waals surface area contributed by atoms with Gasteiger partial charge in [-0.2, -0.15) is 0 Å². The van der Waals surface area contributed by atoms with Crippen molar-refractivity contribution in [1.82, 2.24) is 0 Å². The predicted octanol–water partition coefficient (Wildman–Crippen LogP) is 4.13. The van der Waals surface area contributed by atoms with Crippen molar-refractivity contribution in [2.24, 2.45) is 0 Å². The van der Waals surface area contributed by atoms with Gasteiger partial charge in [0, 0.05) is 0 Å². The van der Waals surface area contributed by atoms with E-state index in [4.69, 9.17) is 10.2 Å². The lowest BCUT2D eigenvalue weighted by molar-refractivity contribution is 0.0686. The maximum Gasteiger partial charge on any atom is 0.335 e. The highest BCUT2D eigenvalue weighted by Crippen LogP contribution is 2.43. The van der Waals surface area contributed by atoms with Gasteiger partial charge in [0.15, 0.2) is 0 Å². The smallest absolute Gasteiger partial charge is 0.335 e. The third-order valence-corrected chi connectivity index (χ3v) is 4.69. The van der Waals surface area contributed by atoms with Gasteiger partial charge in [0.25, 0.3) is 0 Å². The number of aromatic carboxylic acids is 2. The van der Waals surface area contributed by atoms with Crippen LogP contribution in [0.15, 0.2) is 48.5 Å². The summed E-state index contributed by atoms with van der Waals surface area (Å²) in [4.78, 5) is 21.8. The highest BCUT2D eigenvalue weighted by molar-refractivity contribution is 5.88. The van der Waals surface area contributed by atoms with E-state index in [-0.39, 0.29) is 0 Å². The molecule has 4 nitrogen and oxygen atoms in total. The van der Waals surface area contributed by atoms with Crippen LogP contribution >= 0.6 is 0 Å². The van der Waals surface area contributed by atoms with E-state index in [9.17, 15) is 9.59 Å². The molecule has 1 aliphatic rings. The minimum atomic E-state index is -0.903. The Morgan fingerprint density at radius 2 is 1.04 bits per heavy atom. The average Bonchev–Trinajstić information content (AvgIpc) is 3.05. The zero-order valence-electron chi connectivity index (χ0n) is 12.6. The maximum atomic E-state index is 10.9. The topological polar surface area (TPSA) is 74.6 Å². The highest BCUT2D eigenvalue weighted by atomic mass is 16.4. The van der Waals surface area contributed by atoms with Gasteiger partial charge >= 0.3 is 11.9 Å². The Labute approximate surface area is 134 Å². The molecule has 3 rings (SSSR count). The largest absolute Gasteiger partial charge is 0.478 e. The number of hydrogen-bond donors (Lipinski definition) is 2. The number of carboxylic acids is 2. The fraction of sp³-hybridized carbons (Fsp3) is 0.263. The average molecular weight is 310 g/mol. The first kappa shape index (κ1) is 15.3. The standard InChI is InChI=1S/C19H18O4/c20-18(21)14-5-1-12(2-6-14)16-9-10-17(11-16)13-3-7-15(8-4-13)19(22)23/h1-8,16-17H,9-11H2,(H,20,21)(H,22,23). The van der Waals surface area contributed by atoms with Crippen LogP contribution in [-0.4, -0.2) is 22.2 Å². The summed E-state index contributed by atoms with van der Waals surface area (Å²) >= 11 is 0. The molecule has 0 bridgehead atoms. The molecule has 2 aromatic rings. The van der Waals surface area contributed by atoms with Crippen molar-refractivity contribution in [3.05, 3.63) is 70.8 Å². The molecule has 0 spiro atoms. The first-order valence-electron chi connectivity index (χ1n) is 7.71. The summed E-state index contributed by atoms with van der Waals surface area (Å²) in [5.41, 5.74) is 2.99. The second-order valence-electron chi connectivity index (χ2n) is 6.06. The number of carboxylic acid groups (broad SMARTS) is 2. The van der Waals surface area contributed by atoms with Gasteiger partial charge in [-0.3, -0.25) is 0 Å². The van der Waals surface area contributed by atoms with Crippen molar-refractivity contribution < 1.29 is 19.8 Å². The number of carbonyl (C=O) groups is 2. The maximum absolute atomic E-state index is 10.9. The van der Waals surface area contributed by atoms with Crippen LogP contribution in [0.1, 0.15) is 62.9 Å². The second kappa shape index (κ2) is 6.24.